The maximum absolute atomic E-state index is 12.4. The van der Waals surface area contributed by atoms with Crippen molar-refractivity contribution in [3.05, 3.63) is 45.7 Å². The van der Waals surface area contributed by atoms with Gasteiger partial charge in [-0.1, -0.05) is 34.5 Å². The van der Waals surface area contributed by atoms with E-state index in [4.69, 9.17) is 23.2 Å². The molecular formula is C14H16Cl2N4O3S. The normalized spacial score (nSPS) is 12.8. The Morgan fingerprint density at radius 2 is 2.08 bits per heavy atom. The van der Waals surface area contributed by atoms with Crippen molar-refractivity contribution in [2.75, 3.05) is 0 Å². The Hall–Kier alpha value is -1.64. The maximum Gasteiger partial charge on any atom is 0.241 e. The van der Waals surface area contributed by atoms with Crippen molar-refractivity contribution in [2.45, 2.75) is 32.1 Å². The summed E-state index contributed by atoms with van der Waals surface area (Å²) in [5, 5.41) is 7.20. The zero-order chi connectivity index (χ0) is 17.9. The van der Waals surface area contributed by atoms with Crippen molar-refractivity contribution in [3.63, 3.8) is 0 Å². The summed E-state index contributed by atoms with van der Waals surface area (Å²) in [6.07, 6.45) is 1.41. The van der Waals surface area contributed by atoms with E-state index in [0.29, 0.717) is 22.8 Å². The fourth-order valence-electron chi connectivity index (χ4n) is 2.02. The van der Waals surface area contributed by atoms with Gasteiger partial charge in [-0.15, -0.1) is 5.10 Å². The number of carbonyl (C=O) groups excluding carboxylic acids is 1. The van der Waals surface area contributed by atoms with E-state index in [0.717, 1.165) is 0 Å². The summed E-state index contributed by atoms with van der Waals surface area (Å²) in [4.78, 5) is 12.0. The second kappa shape index (κ2) is 7.50. The lowest BCUT2D eigenvalue weighted by Crippen LogP contribution is -2.34. The number of rotatable bonds is 6. The Morgan fingerprint density at radius 1 is 1.38 bits per heavy atom. The Balaban J connectivity index is 2.10. The van der Waals surface area contributed by atoms with Gasteiger partial charge in [0.25, 0.3) is 0 Å². The molecule has 0 fully saturated rings. The fraction of sp³-hybridized carbons (Fsp3) is 0.357. The van der Waals surface area contributed by atoms with E-state index < -0.39 is 21.2 Å². The highest BCUT2D eigenvalue weighted by Gasteiger charge is 2.26. The SMILES string of the molecule is CCn1cc(CC(=O)NS(=O)(=O)C(C)c2ccc(Cl)cc2Cl)nn1. The van der Waals surface area contributed by atoms with E-state index in [9.17, 15) is 13.2 Å². The molecule has 7 nitrogen and oxygen atoms in total. The number of nitrogens with zero attached hydrogens (tertiary/aromatic N) is 3. The van der Waals surface area contributed by atoms with Gasteiger partial charge in [0.05, 0.1) is 12.1 Å². The molecular weight excluding hydrogens is 375 g/mol. The van der Waals surface area contributed by atoms with Crippen LogP contribution in [0.3, 0.4) is 0 Å². The fourth-order valence-corrected chi connectivity index (χ4v) is 3.76. The van der Waals surface area contributed by atoms with Gasteiger partial charge in [0.1, 0.15) is 5.25 Å². The summed E-state index contributed by atoms with van der Waals surface area (Å²) in [5.74, 6) is -0.685. The average molecular weight is 391 g/mol. The van der Waals surface area contributed by atoms with Gasteiger partial charge in [0.2, 0.25) is 15.9 Å². The van der Waals surface area contributed by atoms with E-state index in [1.165, 1.54) is 19.1 Å². The van der Waals surface area contributed by atoms with Gasteiger partial charge in [-0.05, 0) is 31.5 Å². The highest BCUT2D eigenvalue weighted by molar-refractivity contribution is 7.90. The summed E-state index contributed by atoms with van der Waals surface area (Å²) in [6.45, 7) is 3.93. The summed E-state index contributed by atoms with van der Waals surface area (Å²) >= 11 is 11.8. The number of hydrogen-bond donors (Lipinski definition) is 1. The molecule has 1 aromatic heterocycles. The molecule has 1 unspecified atom stereocenters. The molecule has 0 aliphatic heterocycles. The van der Waals surface area contributed by atoms with Crippen LogP contribution in [-0.4, -0.2) is 29.3 Å². The Labute approximate surface area is 150 Å². The number of aryl methyl sites for hydroxylation is 1. The molecule has 0 bridgehead atoms. The number of sulfonamides is 1. The lowest BCUT2D eigenvalue weighted by atomic mass is 10.2. The van der Waals surface area contributed by atoms with E-state index in [2.05, 4.69) is 10.3 Å². The second-order valence-electron chi connectivity index (χ2n) is 5.12. The minimum atomic E-state index is -3.95. The first-order valence-electron chi connectivity index (χ1n) is 7.11. The summed E-state index contributed by atoms with van der Waals surface area (Å²) in [5.41, 5.74) is 0.750. The molecule has 2 aromatic rings. The highest BCUT2D eigenvalue weighted by atomic mass is 35.5. The predicted octanol–water partition coefficient (Wildman–Crippen LogP) is 2.35. The third-order valence-electron chi connectivity index (χ3n) is 3.37. The van der Waals surface area contributed by atoms with Gasteiger partial charge < -0.3 is 0 Å². The lowest BCUT2D eigenvalue weighted by Gasteiger charge is -2.15. The molecule has 10 heteroatoms. The molecule has 1 heterocycles. The van der Waals surface area contributed by atoms with Crippen LogP contribution < -0.4 is 4.72 Å². The summed E-state index contributed by atoms with van der Waals surface area (Å²) in [6, 6.07) is 4.51. The standard InChI is InChI=1S/C14H16Cl2N4O3S/c1-3-20-8-11(17-19-20)7-14(21)18-24(22,23)9(2)12-5-4-10(15)6-13(12)16/h4-6,8-9H,3,7H2,1-2H3,(H,18,21). The number of nitrogens with one attached hydrogen (secondary N) is 1. The monoisotopic (exact) mass is 390 g/mol. The number of carbonyl (C=O) groups is 1. The largest absolute Gasteiger partial charge is 0.274 e. The number of benzene rings is 1. The maximum atomic E-state index is 12.4. The average Bonchev–Trinajstić information content (AvgIpc) is 2.93. The molecule has 1 aromatic carbocycles. The molecule has 0 aliphatic carbocycles. The number of hydrogen-bond acceptors (Lipinski definition) is 5. The van der Waals surface area contributed by atoms with Crippen LogP contribution in [0.15, 0.2) is 24.4 Å². The van der Waals surface area contributed by atoms with Crippen molar-refractivity contribution in [2.24, 2.45) is 0 Å². The smallest absolute Gasteiger partial charge is 0.241 e. The van der Waals surface area contributed by atoms with Crippen LogP contribution in [0.5, 0.6) is 0 Å². The van der Waals surface area contributed by atoms with E-state index >= 15 is 0 Å². The minimum Gasteiger partial charge on any atom is -0.274 e. The van der Waals surface area contributed by atoms with Crippen LogP contribution in [0.4, 0.5) is 0 Å². The van der Waals surface area contributed by atoms with Crippen LogP contribution in [-0.2, 0) is 27.8 Å². The number of aromatic nitrogens is 3. The van der Waals surface area contributed by atoms with Crippen LogP contribution in [0.25, 0.3) is 0 Å². The molecule has 0 radical (unpaired) electrons. The molecule has 1 N–H and O–H groups in total. The van der Waals surface area contributed by atoms with Crippen molar-refractivity contribution in [3.8, 4) is 0 Å². The lowest BCUT2D eigenvalue weighted by molar-refractivity contribution is -0.118. The Bertz CT molecular complexity index is 851. The molecule has 0 aliphatic rings. The summed E-state index contributed by atoms with van der Waals surface area (Å²) in [7, 11) is -3.95. The quantitative estimate of drug-likeness (QED) is 0.816. The summed E-state index contributed by atoms with van der Waals surface area (Å²) < 4.78 is 28.3. The van der Waals surface area contributed by atoms with Crippen LogP contribution in [0.1, 0.15) is 30.4 Å². The Morgan fingerprint density at radius 3 is 2.67 bits per heavy atom. The van der Waals surface area contributed by atoms with Gasteiger partial charge >= 0.3 is 0 Å². The zero-order valence-corrected chi connectivity index (χ0v) is 15.4. The molecule has 2 rings (SSSR count). The molecule has 1 amide bonds. The first-order chi connectivity index (χ1) is 11.2. The van der Waals surface area contributed by atoms with E-state index in [-0.39, 0.29) is 11.4 Å². The van der Waals surface area contributed by atoms with Gasteiger partial charge in [-0.2, -0.15) is 0 Å². The third-order valence-corrected chi connectivity index (χ3v) is 5.63. The molecule has 0 spiro atoms. The third kappa shape index (κ3) is 4.46. The first-order valence-corrected chi connectivity index (χ1v) is 9.41. The van der Waals surface area contributed by atoms with Gasteiger partial charge in [-0.3, -0.25) is 14.2 Å². The zero-order valence-electron chi connectivity index (χ0n) is 13.0. The second-order valence-corrected chi connectivity index (χ2v) is 7.97. The highest BCUT2D eigenvalue weighted by Crippen LogP contribution is 2.30. The minimum absolute atomic E-state index is 0.180. The molecule has 0 saturated carbocycles. The van der Waals surface area contributed by atoms with Crippen molar-refractivity contribution < 1.29 is 13.2 Å². The van der Waals surface area contributed by atoms with E-state index in [1.807, 2.05) is 11.6 Å². The van der Waals surface area contributed by atoms with E-state index in [1.54, 1.807) is 16.9 Å². The Kier molecular flexibility index (Phi) is 5.84. The van der Waals surface area contributed by atoms with Gasteiger partial charge in [0, 0.05) is 22.8 Å². The first kappa shape index (κ1) is 18.7. The molecule has 130 valence electrons. The topological polar surface area (TPSA) is 94.0 Å². The van der Waals surface area contributed by atoms with Gasteiger partial charge in [-0.25, -0.2) is 8.42 Å². The van der Waals surface area contributed by atoms with Crippen LogP contribution in [0, 0.1) is 0 Å². The molecule has 24 heavy (non-hydrogen) atoms. The van der Waals surface area contributed by atoms with Crippen molar-refractivity contribution in [1.82, 2.24) is 19.7 Å². The van der Waals surface area contributed by atoms with Crippen molar-refractivity contribution >= 4 is 39.1 Å². The molecule has 0 saturated heterocycles. The number of halogens is 2. The van der Waals surface area contributed by atoms with Crippen LogP contribution in [0.2, 0.25) is 10.0 Å². The van der Waals surface area contributed by atoms with Crippen LogP contribution >= 0.6 is 23.2 Å². The number of amides is 1. The van der Waals surface area contributed by atoms with Gasteiger partial charge in [0.15, 0.2) is 0 Å². The van der Waals surface area contributed by atoms with Crippen molar-refractivity contribution in [1.29, 1.82) is 0 Å². The molecule has 1 atom stereocenters. The predicted molar refractivity (Wildman–Crippen MR) is 91.3 cm³/mol.